The molecule has 148 valence electrons. The molecule has 1 aromatic heterocycles. The third-order valence-electron chi connectivity index (χ3n) is 5.34. The number of ether oxygens (including phenoxy) is 1. The molecule has 2 aliphatic heterocycles. The van der Waals surface area contributed by atoms with Gasteiger partial charge in [-0.3, -0.25) is 4.79 Å². The summed E-state index contributed by atoms with van der Waals surface area (Å²) in [6.45, 7) is 7.02. The number of carbonyl (C=O) groups excluding carboxylic acids is 2. The number of piperidine rings is 2. The number of rotatable bonds is 4. The van der Waals surface area contributed by atoms with Gasteiger partial charge in [0.2, 0.25) is 5.91 Å². The first kappa shape index (κ1) is 19.4. The highest BCUT2D eigenvalue weighted by atomic mass is 16.6. The number of hydrogen-bond donors (Lipinski definition) is 1. The monoisotopic (exact) mass is 375 g/mol. The van der Waals surface area contributed by atoms with Gasteiger partial charge in [0.25, 0.3) is 0 Å². The van der Waals surface area contributed by atoms with Gasteiger partial charge in [-0.15, -0.1) is 5.10 Å². The van der Waals surface area contributed by atoms with Crippen molar-refractivity contribution < 1.29 is 14.3 Å². The highest BCUT2D eigenvalue weighted by Crippen LogP contribution is 2.22. The quantitative estimate of drug-likeness (QED) is 0.862. The average Bonchev–Trinajstić information content (AvgIpc) is 2.69. The van der Waals surface area contributed by atoms with Crippen LogP contribution in [0, 0.1) is 12.8 Å². The van der Waals surface area contributed by atoms with Gasteiger partial charge in [0.15, 0.2) is 5.82 Å². The summed E-state index contributed by atoms with van der Waals surface area (Å²) >= 11 is 0. The van der Waals surface area contributed by atoms with E-state index in [0.29, 0.717) is 19.7 Å². The molecule has 0 aromatic carbocycles. The fraction of sp³-hybridized carbons (Fsp3) is 0.684. The van der Waals surface area contributed by atoms with Crippen LogP contribution in [-0.2, 0) is 9.53 Å². The molecule has 0 saturated carbocycles. The highest BCUT2D eigenvalue weighted by Gasteiger charge is 2.29. The number of nitrogens with zero attached hydrogens (tertiary/aromatic N) is 4. The van der Waals surface area contributed by atoms with E-state index in [-0.39, 0.29) is 24.0 Å². The first-order chi connectivity index (χ1) is 13.1. The first-order valence-electron chi connectivity index (χ1n) is 9.84. The van der Waals surface area contributed by atoms with Gasteiger partial charge in [0.05, 0.1) is 12.3 Å². The Morgan fingerprint density at radius 2 is 1.81 bits per heavy atom. The van der Waals surface area contributed by atoms with Crippen molar-refractivity contribution in [1.29, 1.82) is 0 Å². The Hall–Kier alpha value is -2.38. The number of aromatic nitrogens is 2. The van der Waals surface area contributed by atoms with Gasteiger partial charge in [-0.25, -0.2) is 4.79 Å². The van der Waals surface area contributed by atoms with Crippen molar-refractivity contribution in [2.75, 3.05) is 37.7 Å². The van der Waals surface area contributed by atoms with Gasteiger partial charge < -0.3 is 19.9 Å². The number of nitrogens with one attached hydrogen (secondary N) is 1. The Labute approximate surface area is 160 Å². The number of aryl methyl sites for hydroxylation is 1. The molecule has 0 radical (unpaired) electrons. The van der Waals surface area contributed by atoms with Crippen LogP contribution in [0.5, 0.6) is 0 Å². The van der Waals surface area contributed by atoms with Crippen molar-refractivity contribution in [1.82, 2.24) is 20.4 Å². The molecule has 0 spiro atoms. The molecule has 1 aromatic rings. The molecule has 2 saturated heterocycles. The summed E-state index contributed by atoms with van der Waals surface area (Å²) in [7, 11) is 0. The van der Waals surface area contributed by atoms with E-state index in [1.54, 1.807) is 4.90 Å². The smallest absolute Gasteiger partial charge is 0.409 e. The van der Waals surface area contributed by atoms with E-state index >= 15 is 0 Å². The van der Waals surface area contributed by atoms with E-state index in [1.807, 2.05) is 26.0 Å². The van der Waals surface area contributed by atoms with Crippen LogP contribution >= 0.6 is 0 Å². The maximum absolute atomic E-state index is 12.6. The minimum Gasteiger partial charge on any atom is -0.450 e. The van der Waals surface area contributed by atoms with Gasteiger partial charge in [-0.05, 0) is 51.7 Å². The van der Waals surface area contributed by atoms with Gasteiger partial charge in [0, 0.05) is 38.1 Å². The number of amides is 2. The standard InChI is InChI=1S/C19H29N5O3/c1-3-27-19(26)24-12-8-16(9-13-24)20-18(25)15-6-10-23(11-7-15)17-5-4-14(2)21-22-17/h4-5,15-16H,3,6-13H2,1-2H3,(H,20,25). The predicted octanol–water partition coefficient (Wildman–Crippen LogP) is 1.74. The number of likely N-dealkylation sites (tertiary alicyclic amines) is 1. The molecule has 0 bridgehead atoms. The molecule has 8 nitrogen and oxygen atoms in total. The molecule has 0 atom stereocenters. The first-order valence-corrected chi connectivity index (χ1v) is 9.84. The van der Waals surface area contributed by atoms with Gasteiger partial charge in [-0.2, -0.15) is 5.10 Å². The Morgan fingerprint density at radius 3 is 2.41 bits per heavy atom. The fourth-order valence-electron chi connectivity index (χ4n) is 3.67. The highest BCUT2D eigenvalue weighted by molar-refractivity contribution is 5.79. The maximum Gasteiger partial charge on any atom is 0.409 e. The summed E-state index contributed by atoms with van der Waals surface area (Å²) in [5, 5.41) is 11.5. The van der Waals surface area contributed by atoms with Crippen molar-refractivity contribution in [3.05, 3.63) is 17.8 Å². The number of carbonyl (C=O) groups is 2. The summed E-state index contributed by atoms with van der Waals surface area (Å²) in [4.78, 5) is 28.3. The summed E-state index contributed by atoms with van der Waals surface area (Å²) in [6.07, 6.45) is 2.95. The zero-order valence-electron chi connectivity index (χ0n) is 16.2. The Bertz CT molecular complexity index is 635. The molecule has 2 amide bonds. The van der Waals surface area contributed by atoms with Gasteiger partial charge in [0.1, 0.15) is 0 Å². The van der Waals surface area contributed by atoms with Crippen molar-refractivity contribution in [2.24, 2.45) is 5.92 Å². The third kappa shape index (κ3) is 5.08. The van der Waals surface area contributed by atoms with Crippen molar-refractivity contribution >= 4 is 17.8 Å². The van der Waals surface area contributed by atoms with E-state index in [9.17, 15) is 9.59 Å². The lowest BCUT2D eigenvalue weighted by Gasteiger charge is -2.35. The normalized spacial score (nSPS) is 19.0. The Kier molecular flexibility index (Phi) is 6.47. The molecule has 8 heteroatoms. The number of anilines is 1. The molecule has 3 heterocycles. The van der Waals surface area contributed by atoms with Crippen molar-refractivity contribution in [2.45, 2.75) is 45.6 Å². The van der Waals surface area contributed by atoms with E-state index in [4.69, 9.17) is 4.74 Å². The van der Waals surface area contributed by atoms with Crippen LogP contribution in [0.3, 0.4) is 0 Å². The van der Waals surface area contributed by atoms with Crippen LogP contribution in [0.4, 0.5) is 10.6 Å². The van der Waals surface area contributed by atoms with Crippen LogP contribution < -0.4 is 10.2 Å². The zero-order valence-corrected chi connectivity index (χ0v) is 16.2. The molecule has 27 heavy (non-hydrogen) atoms. The third-order valence-corrected chi connectivity index (χ3v) is 5.34. The second-order valence-corrected chi connectivity index (χ2v) is 7.26. The molecule has 0 aliphatic carbocycles. The topological polar surface area (TPSA) is 87.7 Å². The summed E-state index contributed by atoms with van der Waals surface area (Å²) in [6, 6.07) is 4.09. The van der Waals surface area contributed by atoms with Crippen LogP contribution in [0.2, 0.25) is 0 Å². The largest absolute Gasteiger partial charge is 0.450 e. The van der Waals surface area contributed by atoms with Crippen molar-refractivity contribution in [3.63, 3.8) is 0 Å². The molecule has 0 unspecified atom stereocenters. The molecular weight excluding hydrogens is 346 g/mol. The number of hydrogen-bond acceptors (Lipinski definition) is 6. The van der Waals surface area contributed by atoms with Crippen molar-refractivity contribution in [3.8, 4) is 0 Å². The Morgan fingerprint density at radius 1 is 1.11 bits per heavy atom. The lowest BCUT2D eigenvalue weighted by atomic mass is 9.94. The van der Waals surface area contributed by atoms with E-state index in [1.165, 1.54) is 0 Å². The lowest BCUT2D eigenvalue weighted by Crippen LogP contribution is -2.49. The summed E-state index contributed by atoms with van der Waals surface area (Å²) < 4.78 is 5.03. The Balaban J connectivity index is 1.41. The zero-order chi connectivity index (χ0) is 19.2. The lowest BCUT2D eigenvalue weighted by molar-refractivity contribution is -0.126. The second kappa shape index (κ2) is 9.01. The SMILES string of the molecule is CCOC(=O)N1CCC(NC(=O)C2CCN(c3ccc(C)nn3)CC2)CC1. The average molecular weight is 375 g/mol. The maximum atomic E-state index is 12.6. The van der Waals surface area contributed by atoms with E-state index in [2.05, 4.69) is 20.4 Å². The van der Waals surface area contributed by atoms with E-state index < -0.39 is 0 Å². The van der Waals surface area contributed by atoms with Crippen LogP contribution in [0.25, 0.3) is 0 Å². The fourth-order valence-corrected chi connectivity index (χ4v) is 3.67. The van der Waals surface area contributed by atoms with Crippen LogP contribution in [0.15, 0.2) is 12.1 Å². The summed E-state index contributed by atoms with van der Waals surface area (Å²) in [5.41, 5.74) is 0.905. The minimum atomic E-state index is -0.256. The summed E-state index contributed by atoms with van der Waals surface area (Å²) in [5.74, 6) is 1.06. The van der Waals surface area contributed by atoms with Crippen LogP contribution in [0.1, 0.15) is 38.3 Å². The predicted molar refractivity (Wildman–Crippen MR) is 101 cm³/mol. The molecule has 3 rings (SSSR count). The molecular formula is C19H29N5O3. The van der Waals surface area contributed by atoms with Crippen LogP contribution in [-0.4, -0.2) is 65.9 Å². The molecule has 2 aliphatic rings. The molecule has 2 fully saturated rings. The van der Waals surface area contributed by atoms with Gasteiger partial charge in [-0.1, -0.05) is 0 Å². The molecule has 1 N–H and O–H groups in total. The van der Waals surface area contributed by atoms with E-state index in [0.717, 1.165) is 50.3 Å². The minimum absolute atomic E-state index is 0.0442. The second-order valence-electron chi connectivity index (χ2n) is 7.26. The van der Waals surface area contributed by atoms with Gasteiger partial charge >= 0.3 is 6.09 Å².